The summed E-state index contributed by atoms with van der Waals surface area (Å²) in [7, 11) is -1.97. The molecule has 1 aromatic carbocycles. The van der Waals surface area contributed by atoms with Crippen molar-refractivity contribution in [3.05, 3.63) is 42.5 Å². The van der Waals surface area contributed by atoms with Crippen molar-refractivity contribution in [1.29, 1.82) is 0 Å². The SMILES string of the molecule is COc1ccc(OC2CCN(S(=O)(=O)c3ccccc3)C2)nn1. The molecule has 8 heteroatoms. The molecular formula is C15H17N3O4S. The minimum atomic E-state index is -3.48. The summed E-state index contributed by atoms with van der Waals surface area (Å²) in [6.07, 6.45) is 0.371. The van der Waals surface area contributed by atoms with Crippen molar-refractivity contribution in [2.24, 2.45) is 0 Å². The lowest BCUT2D eigenvalue weighted by molar-refractivity contribution is 0.203. The van der Waals surface area contributed by atoms with Gasteiger partial charge in [-0.3, -0.25) is 0 Å². The summed E-state index contributed by atoms with van der Waals surface area (Å²) in [5, 5.41) is 7.72. The third kappa shape index (κ3) is 3.43. The van der Waals surface area contributed by atoms with Crippen LogP contribution in [0.3, 0.4) is 0 Å². The van der Waals surface area contributed by atoms with E-state index in [2.05, 4.69) is 10.2 Å². The summed E-state index contributed by atoms with van der Waals surface area (Å²) in [5.74, 6) is 0.756. The Bertz CT molecular complexity index is 750. The number of methoxy groups -OCH3 is 1. The predicted octanol–water partition coefficient (Wildman–Crippen LogP) is 1.33. The van der Waals surface area contributed by atoms with Gasteiger partial charge in [-0.25, -0.2) is 8.42 Å². The van der Waals surface area contributed by atoms with Gasteiger partial charge in [0.2, 0.25) is 21.8 Å². The van der Waals surface area contributed by atoms with Crippen LogP contribution in [0.25, 0.3) is 0 Å². The number of rotatable bonds is 5. The van der Waals surface area contributed by atoms with E-state index in [0.29, 0.717) is 36.2 Å². The van der Waals surface area contributed by atoms with Crippen LogP contribution in [0.5, 0.6) is 11.8 Å². The first-order valence-electron chi connectivity index (χ1n) is 7.19. The smallest absolute Gasteiger partial charge is 0.243 e. The fraction of sp³-hybridized carbons (Fsp3) is 0.333. The van der Waals surface area contributed by atoms with Crippen LogP contribution in [0.4, 0.5) is 0 Å². The zero-order valence-corrected chi connectivity index (χ0v) is 13.4. The van der Waals surface area contributed by atoms with Crippen LogP contribution in [-0.2, 0) is 10.0 Å². The highest BCUT2D eigenvalue weighted by molar-refractivity contribution is 7.89. The third-order valence-corrected chi connectivity index (χ3v) is 5.48. The normalized spacial score (nSPS) is 18.7. The molecule has 0 amide bonds. The number of hydrogen-bond acceptors (Lipinski definition) is 6. The Morgan fingerprint density at radius 1 is 1.09 bits per heavy atom. The largest absolute Gasteiger partial charge is 0.480 e. The van der Waals surface area contributed by atoms with Crippen molar-refractivity contribution in [3.8, 4) is 11.8 Å². The highest BCUT2D eigenvalue weighted by atomic mass is 32.2. The molecule has 23 heavy (non-hydrogen) atoms. The highest BCUT2D eigenvalue weighted by Crippen LogP contribution is 2.23. The topological polar surface area (TPSA) is 81.6 Å². The molecule has 0 saturated carbocycles. The van der Waals surface area contributed by atoms with Gasteiger partial charge in [0.25, 0.3) is 0 Å². The Hall–Kier alpha value is -2.19. The Morgan fingerprint density at radius 3 is 2.43 bits per heavy atom. The Morgan fingerprint density at radius 2 is 1.78 bits per heavy atom. The second-order valence-electron chi connectivity index (χ2n) is 5.12. The summed E-state index contributed by atoms with van der Waals surface area (Å²) in [4.78, 5) is 0.296. The van der Waals surface area contributed by atoms with E-state index in [9.17, 15) is 8.42 Å². The lowest BCUT2D eigenvalue weighted by Crippen LogP contribution is -2.31. The predicted molar refractivity (Wildman–Crippen MR) is 82.8 cm³/mol. The monoisotopic (exact) mass is 335 g/mol. The number of ether oxygens (including phenoxy) is 2. The molecule has 1 unspecified atom stereocenters. The van der Waals surface area contributed by atoms with Gasteiger partial charge >= 0.3 is 0 Å². The van der Waals surface area contributed by atoms with Crippen LogP contribution in [-0.4, -0.2) is 49.2 Å². The number of nitrogens with zero attached hydrogens (tertiary/aromatic N) is 3. The molecule has 1 aliphatic heterocycles. The molecule has 2 aromatic rings. The van der Waals surface area contributed by atoms with Gasteiger partial charge in [-0.1, -0.05) is 18.2 Å². The maximum atomic E-state index is 12.5. The second-order valence-corrected chi connectivity index (χ2v) is 7.06. The van der Waals surface area contributed by atoms with Gasteiger partial charge in [-0.05, 0) is 18.6 Å². The van der Waals surface area contributed by atoms with Crippen LogP contribution in [0.15, 0.2) is 47.4 Å². The zero-order valence-electron chi connectivity index (χ0n) is 12.6. The van der Waals surface area contributed by atoms with Gasteiger partial charge in [0.15, 0.2) is 0 Å². The highest BCUT2D eigenvalue weighted by Gasteiger charge is 2.33. The molecule has 1 aliphatic rings. The minimum Gasteiger partial charge on any atom is -0.480 e. The van der Waals surface area contributed by atoms with E-state index in [-0.39, 0.29) is 6.10 Å². The van der Waals surface area contributed by atoms with E-state index in [0.717, 1.165) is 0 Å². The maximum Gasteiger partial charge on any atom is 0.243 e. The number of aromatic nitrogens is 2. The summed E-state index contributed by atoms with van der Waals surface area (Å²) in [6, 6.07) is 11.7. The van der Waals surface area contributed by atoms with E-state index in [1.807, 2.05) is 0 Å². The quantitative estimate of drug-likeness (QED) is 0.820. The van der Waals surface area contributed by atoms with Crippen molar-refractivity contribution in [2.75, 3.05) is 20.2 Å². The van der Waals surface area contributed by atoms with E-state index >= 15 is 0 Å². The molecule has 2 heterocycles. The fourth-order valence-corrected chi connectivity index (χ4v) is 3.91. The van der Waals surface area contributed by atoms with Gasteiger partial charge in [-0.2, -0.15) is 4.31 Å². The molecule has 7 nitrogen and oxygen atoms in total. The minimum absolute atomic E-state index is 0.240. The average Bonchev–Trinajstić information content (AvgIpc) is 3.06. The van der Waals surface area contributed by atoms with E-state index in [1.165, 1.54) is 11.4 Å². The zero-order chi connectivity index (χ0) is 16.3. The molecule has 0 aliphatic carbocycles. The molecule has 1 aromatic heterocycles. The van der Waals surface area contributed by atoms with Gasteiger partial charge in [0.05, 0.1) is 18.6 Å². The fourth-order valence-electron chi connectivity index (χ4n) is 2.40. The van der Waals surface area contributed by atoms with Crippen molar-refractivity contribution in [3.63, 3.8) is 0 Å². The molecule has 3 rings (SSSR count). The molecule has 0 radical (unpaired) electrons. The van der Waals surface area contributed by atoms with Gasteiger partial charge in [0.1, 0.15) is 6.10 Å². The third-order valence-electron chi connectivity index (χ3n) is 3.60. The lowest BCUT2D eigenvalue weighted by Gasteiger charge is -2.16. The lowest BCUT2D eigenvalue weighted by atomic mass is 10.3. The van der Waals surface area contributed by atoms with Gasteiger partial charge in [-0.15, -0.1) is 10.2 Å². The number of hydrogen-bond donors (Lipinski definition) is 0. The summed E-state index contributed by atoms with van der Waals surface area (Å²) >= 11 is 0. The number of benzene rings is 1. The summed E-state index contributed by atoms with van der Waals surface area (Å²) in [5.41, 5.74) is 0. The van der Waals surface area contributed by atoms with E-state index < -0.39 is 10.0 Å². The Balaban J connectivity index is 1.66. The Kier molecular flexibility index (Phi) is 4.44. The second kappa shape index (κ2) is 6.51. The molecule has 122 valence electrons. The summed E-state index contributed by atoms with van der Waals surface area (Å²) in [6.45, 7) is 0.719. The summed E-state index contributed by atoms with van der Waals surface area (Å²) < 4.78 is 37.2. The molecule has 1 fully saturated rings. The molecule has 0 bridgehead atoms. The van der Waals surface area contributed by atoms with Crippen molar-refractivity contribution in [2.45, 2.75) is 17.4 Å². The Labute approximate surface area is 134 Å². The first kappa shape index (κ1) is 15.7. The molecular weight excluding hydrogens is 318 g/mol. The first-order valence-corrected chi connectivity index (χ1v) is 8.63. The van der Waals surface area contributed by atoms with Crippen molar-refractivity contribution < 1.29 is 17.9 Å². The van der Waals surface area contributed by atoms with Gasteiger partial charge in [0, 0.05) is 18.7 Å². The number of sulfonamides is 1. The van der Waals surface area contributed by atoms with Crippen LogP contribution in [0.1, 0.15) is 6.42 Å². The molecule has 0 spiro atoms. The average molecular weight is 335 g/mol. The van der Waals surface area contributed by atoms with Crippen LogP contribution in [0, 0.1) is 0 Å². The van der Waals surface area contributed by atoms with Crippen LogP contribution >= 0.6 is 0 Å². The molecule has 1 saturated heterocycles. The van der Waals surface area contributed by atoms with Crippen LogP contribution < -0.4 is 9.47 Å². The van der Waals surface area contributed by atoms with Crippen LogP contribution in [0.2, 0.25) is 0 Å². The van der Waals surface area contributed by atoms with Crippen molar-refractivity contribution >= 4 is 10.0 Å². The molecule has 0 N–H and O–H groups in total. The first-order chi connectivity index (χ1) is 11.1. The maximum absolute atomic E-state index is 12.5. The van der Waals surface area contributed by atoms with E-state index in [4.69, 9.17) is 9.47 Å². The standard InChI is InChI=1S/C15H17N3O4S/c1-21-14-7-8-15(17-16-14)22-12-9-10-18(11-12)23(19,20)13-5-3-2-4-6-13/h2-8,12H,9-11H2,1H3. The van der Waals surface area contributed by atoms with Gasteiger partial charge < -0.3 is 9.47 Å². The van der Waals surface area contributed by atoms with Crippen molar-refractivity contribution in [1.82, 2.24) is 14.5 Å². The molecule has 1 atom stereocenters. The van der Waals surface area contributed by atoms with E-state index in [1.54, 1.807) is 42.5 Å².